The van der Waals surface area contributed by atoms with Crippen molar-refractivity contribution in [1.29, 1.82) is 0 Å². The van der Waals surface area contributed by atoms with Crippen LogP contribution in [0.3, 0.4) is 0 Å². The van der Waals surface area contributed by atoms with Crippen LogP contribution in [0.25, 0.3) is 0 Å². The van der Waals surface area contributed by atoms with Gasteiger partial charge in [0.05, 0.1) is 6.04 Å². The van der Waals surface area contributed by atoms with E-state index in [2.05, 4.69) is 0 Å². The molecule has 2 rings (SSSR count). The summed E-state index contributed by atoms with van der Waals surface area (Å²) in [5.74, 6) is -1.14. The Bertz CT molecular complexity index is 444. The minimum absolute atomic E-state index is 0.155. The molecule has 0 aliphatic carbocycles. The van der Waals surface area contributed by atoms with Gasteiger partial charge in [0.1, 0.15) is 6.61 Å². The van der Waals surface area contributed by atoms with Gasteiger partial charge in [-0.1, -0.05) is 36.8 Å². The van der Waals surface area contributed by atoms with Crippen molar-refractivity contribution in [2.45, 2.75) is 31.9 Å². The highest BCUT2D eigenvalue weighted by Crippen LogP contribution is 2.16. The molecule has 1 aliphatic heterocycles. The molecule has 0 bridgehead atoms. The smallest absolute Gasteiger partial charge is 0.376 e. The number of hydrogen-bond acceptors (Lipinski definition) is 4. The molecule has 19 heavy (non-hydrogen) atoms. The molecule has 0 aromatic heterocycles. The highest BCUT2D eigenvalue weighted by atomic mass is 16.5. The molecule has 1 heterocycles. The average Bonchev–Trinajstić information content (AvgIpc) is 2.45. The minimum Gasteiger partial charge on any atom is -0.455 e. The largest absolute Gasteiger partial charge is 0.455 e. The lowest BCUT2D eigenvalue weighted by Crippen LogP contribution is -2.45. The first kappa shape index (κ1) is 13.7. The van der Waals surface area contributed by atoms with Crippen molar-refractivity contribution in [3.05, 3.63) is 35.9 Å². The van der Waals surface area contributed by atoms with Crippen LogP contribution < -0.4 is 0 Å². The fraction of sp³-hybridized carbons (Fsp3) is 0.467. The molecule has 1 saturated heterocycles. The van der Waals surface area contributed by atoms with E-state index < -0.39 is 11.8 Å². The van der Waals surface area contributed by atoms with Gasteiger partial charge >= 0.3 is 5.97 Å². The molecule has 0 saturated carbocycles. The predicted molar refractivity (Wildman–Crippen MR) is 71.5 cm³/mol. The molecule has 0 radical (unpaired) electrons. The number of likely N-dealkylation sites (tertiary alicyclic amines) is 1. The number of piperidine rings is 1. The molecule has 1 fully saturated rings. The Balaban J connectivity index is 1.87. The number of Topliss-reactive ketones (excluding diaryl/α,β-unsaturated/α-hetero) is 1. The van der Waals surface area contributed by atoms with Crippen molar-refractivity contribution < 1.29 is 14.3 Å². The molecule has 4 nitrogen and oxygen atoms in total. The van der Waals surface area contributed by atoms with Crippen LogP contribution in [-0.2, 0) is 20.9 Å². The summed E-state index contributed by atoms with van der Waals surface area (Å²) in [6.07, 6.45) is 2.82. The summed E-state index contributed by atoms with van der Waals surface area (Å²) >= 11 is 0. The number of ether oxygens (including phenoxy) is 1. The normalized spacial score (nSPS) is 19.9. The quantitative estimate of drug-likeness (QED) is 0.612. The second-order valence-corrected chi connectivity index (χ2v) is 4.92. The predicted octanol–water partition coefficient (Wildman–Crippen LogP) is 1.78. The Labute approximate surface area is 113 Å². The van der Waals surface area contributed by atoms with E-state index in [0.717, 1.165) is 31.4 Å². The molecular weight excluding hydrogens is 242 g/mol. The van der Waals surface area contributed by atoms with E-state index in [-0.39, 0.29) is 12.6 Å². The summed E-state index contributed by atoms with van der Waals surface area (Å²) in [5.41, 5.74) is 0.889. The van der Waals surface area contributed by atoms with Gasteiger partial charge in [0.25, 0.3) is 5.78 Å². The number of nitrogens with zero attached hydrogens (tertiary/aromatic N) is 1. The van der Waals surface area contributed by atoms with Crippen molar-refractivity contribution in [3.63, 3.8) is 0 Å². The van der Waals surface area contributed by atoms with Crippen LogP contribution in [0.2, 0.25) is 0 Å². The van der Waals surface area contributed by atoms with Gasteiger partial charge in [-0.05, 0) is 32.0 Å². The van der Waals surface area contributed by atoms with Gasteiger partial charge in [-0.15, -0.1) is 0 Å². The van der Waals surface area contributed by atoms with Gasteiger partial charge in [0.2, 0.25) is 0 Å². The van der Waals surface area contributed by atoms with Crippen LogP contribution in [0.5, 0.6) is 0 Å². The number of benzene rings is 1. The first-order valence-electron chi connectivity index (χ1n) is 6.63. The van der Waals surface area contributed by atoms with Crippen LogP contribution in [0.4, 0.5) is 0 Å². The average molecular weight is 261 g/mol. The van der Waals surface area contributed by atoms with E-state index in [9.17, 15) is 9.59 Å². The number of rotatable bonds is 4. The van der Waals surface area contributed by atoms with Crippen LogP contribution >= 0.6 is 0 Å². The third-order valence-electron chi connectivity index (χ3n) is 3.49. The van der Waals surface area contributed by atoms with Crippen LogP contribution in [0, 0.1) is 0 Å². The second-order valence-electron chi connectivity index (χ2n) is 4.92. The molecule has 1 atom stereocenters. The summed E-state index contributed by atoms with van der Waals surface area (Å²) < 4.78 is 5.08. The third-order valence-corrected chi connectivity index (χ3v) is 3.49. The number of carbonyl (C=O) groups is 2. The van der Waals surface area contributed by atoms with E-state index in [1.165, 1.54) is 0 Å². The maximum absolute atomic E-state index is 12.0. The Morgan fingerprint density at radius 3 is 2.68 bits per heavy atom. The standard InChI is InChI=1S/C15H19NO3/c1-16-10-6-5-9-13(16)14(17)15(18)19-11-12-7-3-2-4-8-12/h2-4,7-8,13H,5-6,9-11H2,1H3/t13-/m0/s1. The molecule has 1 aromatic rings. The van der Waals surface area contributed by atoms with E-state index in [4.69, 9.17) is 4.74 Å². The summed E-state index contributed by atoms with van der Waals surface area (Å²) in [6, 6.07) is 9.07. The molecule has 102 valence electrons. The van der Waals surface area contributed by atoms with E-state index >= 15 is 0 Å². The zero-order valence-corrected chi connectivity index (χ0v) is 11.2. The Hall–Kier alpha value is -1.68. The molecule has 1 aromatic carbocycles. The van der Waals surface area contributed by atoms with Crippen LogP contribution in [-0.4, -0.2) is 36.3 Å². The lowest BCUT2D eigenvalue weighted by molar-refractivity contribution is -0.157. The van der Waals surface area contributed by atoms with Crippen molar-refractivity contribution in [3.8, 4) is 0 Å². The van der Waals surface area contributed by atoms with Crippen molar-refractivity contribution in [1.82, 2.24) is 4.90 Å². The summed E-state index contributed by atoms with van der Waals surface area (Å²) in [5, 5.41) is 0. The molecule has 1 aliphatic rings. The van der Waals surface area contributed by atoms with Gasteiger partial charge in [-0.2, -0.15) is 0 Å². The molecular formula is C15H19NO3. The zero-order valence-electron chi connectivity index (χ0n) is 11.2. The van der Waals surface area contributed by atoms with Gasteiger partial charge < -0.3 is 4.74 Å². The van der Waals surface area contributed by atoms with E-state index in [1.54, 1.807) is 0 Å². The maximum Gasteiger partial charge on any atom is 0.376 e. The van der Waals surface area contributed by atoms with Crippen molar-refractivity contribution >= 4 is 11.8 Å². The second kappa shape index (κ2) is 6.48. The lowest BCUT2D eigenvalue weighted by atomic mass is 9.99. The summed E-state index contributed by atoms with van der Waals surface area (Å²) in [7, 11) is 1.88. The number of likely N-dealkylation sites (N-methyl/N-ethyl adjacent to an activating group) is 1. The van der Waals surface area contributed by atoms with Crippen LogP contribution in [0.15, 0.2) is 30.3 Å². The Morgan fingerprint density at radius 1 is 1.26 bits per heavy atom. The fourth-order valence-electron chi connectivity index (χ4n) is 2.34. The highest BCUT2D eigenvalue weighted by Gasteiger charge is 2.31. The number of ketones is 1. The fourth-order valence-corrected chi connectivity index (χ4v) is 2.34. The molecule has 0 unspecified atom stereocenters. The number of esters is 1. The maximum atomic E-state index is 12.0. The third kappa shape index (κ3) is 3.64. The summed E-state index contributed by atoms with van der Waals surface area (Å²) in [4.78, 5) is 25.7. The SMILES string of the molecule is CN1CCCC[C@H]1C(=O)C(=O)OCc1ccccc1. The topological polar surface area (TPSA) is 46.6 Å². The van der Waals surface area contributed by atoms with Gasteiger partial charge in [0.15, 0.2) is 0 Å². The van der Waals surface area contributed by atoms with Crippen molar-refractivity contribution in [2.24, 2.45) is 0 Å². The number of hydrogen-bond donors (Lipinski definition) is 0. The monoisotopic (exact) mass is 261 g/mol. The molecule has 0 N–H and O–H groups in total. The molecule has 0 spiro atoms. The van der Waals surface area contributed by atoms with Gasteiger partial charge in [-0.25, -0.2) is 4.79 Å². The summed E-state index contributed by atoms with van der Waals surface area (Å²) in [6.45, 7) is 1.02. The zero-order chi connectivity index (χ0) is 13.7. The lowest BCUT2D eigenvalue weighted by Gasteiger charge is -2.30. The highest BCUT2D eigenvalue weighted by molar-refractivity contribution is 6.35. The number of carbonyl (C=O) groups excluding carboxylic acids is 2. The first-order chi connectivity index (χ1) is 9.18. The minimum atomic E-state index is -0.720. The Kier molecular flexibility index (Phi) is 4.68. The van der Waals surface area contributed by atoms with Crippen LogP contribution in [0.1, 0.15) is 24.8 Å². The van der Waals surface area contributed by atoms with E-state index in [0.29, 0.717) is 0 Å². The van der Waals surface area contributed by atoms with Gasteiger partial charge in [-0.3, -0.25) is 9.69 Å². The van der Waals surface area contributed by atoms with Crippen molar-refractivity contribution in [2.75, 3.05) is 13.6 Å². The molecule has 4 heteroatoms. The van der Waals surface area contributed by atoms with E-state index in [1.807, 2.05) is 42.3 Å². The molecule has 0 amide bonds. The van der Waals surface area contributed by atoms with Gasteiger partial charge in [0, 0.05) is 0 Å². The Morgan fingerprint density at radius 2 is 2.00 bits per heavy atom. The first-order valence-corrected chi connectivity index (χ1v) is 6.63.